The van der Waals surface area contributed by atoms with Crippen molar-refractivity contribution < 1.29 is 23.5 Å². The SMILES string of the molecule is CCOC(=O)c1cnc(-c2cnc3ccc(F)cn23)nc1NC1CCCN(C(=O)OC(C)(C)C)C1. The van der Waals surface area contributed by atoms with Gasteiger partial charge in [0.05, 0.1) is 12.8 Å². The molecule has 10 nitrogen and oxygen atoms in total. The number of esters is 1. The number of aromatic nitrogens is 4. The van der Waals surface area contributed by atoms with E-state index in [2.05, 4.69) is 20.3 Å². The Morgan fingerprint density at radius 2 is 2.03 bits per heavy atom. The van der Waals surface area contributed by atoms with Gasteiger partial charge in [0.2, 0.25) is 0 Å². The first-order valence-corrected chi connectivity index (χ1v) is 11.6. The van der Waals surface area contributed by atoms with Crippen LogP contribution in [0.25, 0.3) is 17.2 Å². The number of imidazole rings is 1. The number of likely N-dealkylation sites (tertiary alicyclic amines) is 1. The largest absolute Gasteiger partial charge is 0.462 e. The number of nitrogens with zero attached hydrogens (tertiary/aromatic N) is 5. The number of ether oxygens (including phenoxy) is 2. The highest BCUT2D eigenvalue weighted by Gasteiger charge is 2.29. The van der Waals surface area contributed by atoms with Crippen LogP contribution in [0.5, 0.6) is 0 Å². The molecule has 1 N–H and O–H groups in total. The van der Waals surface area contributed by atoms with Crippen LogP contribution in [-0.2, 0) is 9.47 Å². The standard InChI is InChI=1S/C24H29FN6O4/c1-5-34-22(32)17-11-27-21(18-12-26-19-9-8-15(25)13-31(18)19)29-20(17)28-16-7-6-10-30(14-16)23(33)35-24(2,3)4/h8-9,11-13,16H,5-7,10,14H2,1-4H3,(H,27,28,29). The van der Waals surface area contributed by atoms with Gasteiger partial charge in [-0.15, -0.1) is 0 Å². The fourth-order valence-corrected chi connectivity index (χ4v) is 3.87. The van der Waals surface area contributed by atoms with Gasteiger partial charge in [-0.25, -0.2) is 28.9 Å². The Hall–Kier alpha value is -3.76. The van der Waals surface area contributed by atoms with Crippen molar-refractivity contribution in [2.45, 2.75) is 52.2 Å². The molecule has 4 heterocycles. The summed E-state index contributed by atoms with van der Waals surface area (Å²) in [6.45, 7) is 8.35. The molecule has 11 heteroatoms. The lowest BCUT2D eigenvalue weighted by atomic mass is 10.1. The number of hydrogen-bond donors (Lipinski definition) is 1. The summed E-state index contributed by atoms with van der Waals surface area (Å²) in [5, 5.41) is 3.29. The number of fused-ring (bicyclic) bond motifs is 1. The second kappa shape index (κ2) is 9.85. The highest BCUT2D eigenvalue weighted by atomic mass is 19.1. The van der Waals surface area contributed by atoms with Crippen molar-refractivity contribution in [1.82, 2.24) is 24.3 Å². The van der Waals surface area contributed by atoms with E-state index in [4.69, 9.17) is 9.47 Å². The Labute approximate surface area is 202 Å². The predicted octanol–water partition coefficient (Wildman–Crippen LogP) is 3.92. The van der Waals surface area contributed by atoms with Gasteiger partial charge in [0.25, 0.3) is 0 Å². The summed E-state index contributed by atoms with van der Waals surface area (Å²) in [6, 6.07) is 2.70. The molecule has 0 bridgehead atoms. The van der Waals surface area contributed by atoms with Crippen molar-refractivity contribution in [3.05, 3.63) is 42.1 Å². The number of amides is 1. The van der Waals surface area contributed by atoms with Crippen molar-refractivity contribution in [2.24, 2.45) is 0 Å². The van der Waals surface area contributed by atoms with Gasteiger partial charge < -0.3 is 19.7 Å². The van der Waals surface area contributed by atoms with Gasteiger partial charge in [0, 0.05) is 31.5 Å². The molecule has 1 aliphatic heterocycles. The Bertz CT molecular complexity index is 1240. The van der Waals surface area contributed by atoms with Gasteiger partial charge in [-0.05, 0) is 52.7 Å². The Morgan fingerprint density at radius 1 is 1.23 bits per heavy atom. The van der Waals surface area contributed by atoms with Crippen molar-refractivity contribution in [3.8, 4) is 11.5 Å². The molecule has 1 unspecified atom stereocenters. The first-order chi connectivity index (χ1) is 16.6. The number of anilines is 1. The molecule has 186 valence electrons. The third-order valence-electron chi connectivity index (χ3n) is 5.40. The first-order valence-electron chi connectivity index (χ1n) is 11.6. The van der Waals surface area contributed by atoms with E-state index < -0.39 is 17.4 Å². The van der Waals surface area contributed by atoms with Crippen LogP contribution in [0.3, 0.4) is 0 Å². The van der Waals surface area contributed by atoms with E-state index in [1.165, 1.54) is 18.5 Å². The normalized spacial score (nSPS) is 16.3. The monoisotopic (exact) mass is 484 g/mol. The van der Waals surface area contributed by atoms with E-state index in [9.17, 15) is 14.0 Å². The summed E-state index contributed by atoms with van der Waals surface area (Å²) < 4.78 is 26.1. The maximum absolute atomic E-state index is 13.9. The van der Waals surface area contributed by atoms with Crippen LogP contribution in [0.1, 0.15) is 50.9 Å². The molecule has 1 amide bonds. The van der Waals surface area contributed by atoms with Crippen LogP contribution in [0.15, 0.2) is 30.7 Å². The number of nitrogens with one attached hydrogen (secondary N) is 1. The number of halogens is 1. The molecule has 0 aromatic carbocycles. The average molecular weight is 485 g/mol. The van der Waals surface area contributed by atoms with E-state index in [-0.39, 0.29) is 35.9 Å². The summed E-state index contributed by atoms with van der Waals surface area (Å²) in [6.07, 6.45) is 5.37. The van der Waals surface area contributed by atoms with E-state index in [1.54, 1.807) is 28.5 Å². The third-order valence-corrected chi connectivity index (χ3v) is 5.40. The lowest BCUT2D eigenvalue weighted by molar-refractivity contribution is 0.0205. The van der Waals surface area contributed by atoms with Crippen molar-refractivity contribution >= 4 is 23.5 Å². The topological polar surface area (TPSA) is 111 Å². The van der Waals surface area contributed by atoms with Gasteiger partial charge in [-0.2, -0.15) is 0 Å². The van der Waals surface area contributed by atoms with Crippen LogP contribution >= 0.6 is 0 Å². The Balaban J connectivity index is 1.63. The van der Waals surface area contributed by atoms with Crippen molar-refractivity contribution in [3.63, 3.8) is 0 Å². The lowest BCUT2D eigenvalue weighted by Gasteiger charge is -2.34. The quantitative estimate of drug-likeness (QED) is 0.543. The fraction of sp³-hybridized carbons (Fsp3) is 0.458. The number of carbonyl (C=O) groups excluding carboxylic acids is 2. The number of hydrogen-bond acceptors (Lipinski definition) is 8. The smallest absolute Gasteiger partial charge is 0.410 e. The second-order valence-corrected chi connectivity index (χ2v) is 9.31. The summed E-state index contributed by atoms with van der Waals surface area (Å²) in [7, 11) is 0. The molecule has 0 spiro atoms. The van der Waals surface area contributed by atoms with Crippen LogP contribution < -0.4 is 5.32 Å². The van der Waals surface area contributed by atoms with E-state index in [0.29, 0.717) is 24.4 Å². The average Bonchev–Trinajstić information content (AvgIpc) is 3.21. The predicted molar refractivity (Wildman–Crippen MR) is 127 cm³/mol. The molecule has 35 heavy (non-hydrogen) atoms. The minimum absolute atomic E-state index is 0.171. The highest BCUT2D eigenvalue weighted by Crippen LogP contribution is 2.24. The zero-order chi connectivity index (χ0) is 25.2. The zero-order valence-corrected chi connectivity index (χ0v) is 20.2. The number of piperidine rings is 1. The molecule has 1 saturated heterocycles. The van der Waals surface area contributed by atoms with Crippen LogP contribution in [0.4, 0.5) is 15.0 Å². The zero-order valence-electron chi connectivity index (χ0n) is 20.2. The van der Waals surface area contributed by atoms with Crippen LogP contribution in [-0.4, -0.2) is 67.7 Å². The molecule has 3 aromatic rings. The maximum Gasteiger partial charge on any atom is 0.410 e. The molecule has 1 fully saturated rings. The minimum atomic E-state index is -0.594. The van der Waals surface area contributed by atoms with Crippen LogP contribution in [0, 0.1) is 5.82 Å². The van der Waals surface area contributed by atoms with Crippen LogP contribution in [0.2, 0.25) is 0 Å². The van der Waals surface area contributed by atoms with Gasteiger partial charge in [0.1, 0.15) is 34.1 Å². The first kappa shape index (κ1) is 24.4. The molecule has 4 rings (SSSR count). The lowest BCUT2D eigenvalue weighted by Crippen LogP contribution is -2.47. The number of rotatable bonds is 5. The molecule has 0 aliphatic carbocycles. The summed E-state index contributed by atoms with van der Waals surface area (Å²) in [5.41, 5.74) is 0.583. The fourth-order valence-electron chi connectivity index (χ4n) is 3.87. The molecule has 0 radical (unpaired) electrons. The molecular weight excluding hydrogens is 455 g/mol. The van der Waals surface area contributed by atoms with Gasteiger partial charge in [-0.1, -0.05) is 0 Å². The molecule has 1 aliphatic rings. The summed E-state index contributed by atoms with van der Waals surface area (Å²) >= 11 is 0. The Morgan fingerprint density at radius 3 is 2.77 bits per heavy atom. The molecule has 0 saturated carbocycles. The third kappa shape index (κ3) is 5.67. The maximum atomic E-state index is 13.9. The minimum Gasteiger partial charge on any atom is -0.462 e. The molecule has 1 atom stereocenters. The Kier molecular flexibility index (Phi) is 6.86. The van der Waals surface area contributed by atoms with Crippen molar-refractivity contribution in [2.75, 3.05) is 25.0 Å². The van der Waals surface area contributed by atoms with Gasteiger partial charge in [0.15, 0.2) is 5.82 Å². The summed E-state index contributed by atoms with van der Waals surface area (Å²) in [5.74, 6) is -0.456. The van der Waals surface area contributed by atoms with Gasteiger partial charge in [-0.3, -0.25) is 4.40 Å². The summed E-state index contributed by atoms with van der Waals surface area (Å²) in [4.78, 5) is 40.0. The second-order valence-electron chi connectivity index (χ2n) is 9.31. The molecular formula is C24H29FN6O4. The van der Waals surface area contributed by atoms with Gasteiger partial charge >= 0.3 is 12.1 Å². The van der Waals surface area contributed by atoms with Crippen molar-refractivity contribution in [1.29, 1.82) is 0 Å². The molecule has 3 aromatic heterocycles. The highest BCUT2D eigenvalue weighted by molar-refractivity contribution is 5.94. The number of pyridine rings is 1. The van der Waals surface area contributed by atoms with E-state index in [1.807, 2.05) is 20.8 Å². The van der Waals surface area contributed by atoms with E-state index in [0.717, 1.165) is 12.8 Å². The number of carbonyl (C=O) groups is 2. The van der Waals surface area contributed by atoms with E-state index >= 15 is 0 Å².